The average Bonchev–Trinajstić information content (AvgIpc) is 2.84. The molecule has 5 heteroatoms. The summed E-state index contributed by atoms with van der Waals surface area (Å²) in [7, 11) is 0. The summed E-state index contributed by atoms with van der Waals surface area (Å²) in [4.78, 5) is 0. The molecule has 0 heterocycles. The molecule has 166 valence electrons. The van der Waals surface area contributed by atoms with Crippen LogP contribution in [0.5, 0.6) is 5.75 Å². The molecule has 2 aromatic rings. The van der Waals surface area contributed by atoms with E-state index in [4.69, 9.17) is 18.4 Å². The van der Waals surface area contributed by atoms with Crippen LogP contribution in [0.25, 0.3) is 0 Å². The van der Waals surface area contributed by atoms with Gasteiger partial charge in [0, 0.05) is 28.0 Å². The van der Waals surface area contributed by atoms with Gasteiger partial charge in [-0.1, -0.05) is 49.2 Å². The maximum atomic E-state index is 10.7. The highest BCUT2D eigenvalue weighted by molar-refractivity contribution is 5.36. The maximum absolute atomic E-state index is 10.7. The van der Waals surface area contributed by atoms with Crippen LogP contribution < -0.4 is 5.32 Å². The Kier molecular flexibility index (Phi) is 6.73. The summed E-state index contributed by atoms with van der Waals surface area (Å²) in [6.45, 7) is -7.94. The van der Waals surface area contributed by atoms with E-state index in [1.165, 1.54) is 5.56 Å². The highest BCUT2D eigenvalue weighted by Crippen LogP contribution is 2.22. The van der Waals surface area contributed by atoms with E-state index in [2.05, 4.69) is 5.32 Å². The number of aryl methyl sites for hydroxylation is 1. The zero-order valence-electron chi connectivity index (χ0n) is 27.0. The third kappa shape index (κ3) is 9.72. The molecule has 0 fully saturated rings. The number of hydrogen-bond acceptors (Lipinski definition) is 5. The van der Waals surface area contributed by atoms with Gasteiger partial charge < -0.3 is 25.4 Å². The van der Waals surface area contributed by atoms with Crippen molar-refractivity contribution in [2.24, 2.45) is 0 Å². The minimum Gasteiger partial charge on any atom is -0.508 e. The summed E-state index contributed by atoms with van der Waals surface area (Å²) in [5.74, 6) is -1.22. The van der Waals surface area contributed by atoms with Crippen molar-refractivity contribution in [3.05, 3.63) is 65.1 Å². The zero-order chi connectivity index (χ0) is 30.4. The summed E-state index contributed by atoms with van der Waals surface area (Å²) in [5, 5.41) is 32.7. The first-order valence-electron chi connectivity index (χ1n) is 15.1. The average molecular weight is 426 g/mol. The van der Waals surface area contributed by atoms with Crippen molar-refractivity contribution in [2.75, 3.05) is 26.2 Å². The van der Waals surface area contributed by atoms with Gasteiger partial charge in [0.2, 0.25) is 0 Å². The Morgan fingerprint density at radius 1 is 1.07 bits per heavy atom. The van der Waals surface area contributed by atoms with E-state index in [9.17, 15) is 15.3 Å². The summed E-state index contributed by atoms with van der Waals surface area (Å²) in [6.07, 6.45) is 0.464. The molecule has 5 nitrogen and oxygen atoms in total. The van der Waals surface area contributed by atoms with Gasteiger partial charge in [-0.05, 0) is 61.9 Å². The monoisotopic (exact) mass is 425 g/mol. The van der Waals surface area contributed by atoms with Crippen molar-refractivity contribution < 1.29 is 33.8 Å². The molecule has 1 unspecified atom stereocenters. The Hall–Kier alpha value is -1.92. The van der Waals surface area contributed by atoms with Crippen LogP contribution in [0.15, 0.2) is 48.5 Å². The van der Waals surface area contributed by atoms with Crippen molar-refractivity contribution in [3.8, 4) is 5.75 Å². The largest absolute Gasteiger partial charge is 0.508 e. The Bertz CT molecular complexity index is 1110. The van der Waals surface area contributed by atoms with Gasteiger partial charge in [0.25, 0.3) is 0 Å². The van der Waals surface area contributed by atoms with E-state index in [1.54, 1.807) is 0 Å². The van der Waals surface area contributed by atoms with Crippen LogP contribution >= 0.6 is 0 Å². The molecule has 0 spiro atoms. The second-order valence-corrected chi connectivity index (χ2v) is 6.73. The lowest BCUT2D eigenvalue weighted by Crippen LogP contribution is -2.22. The molecule has 0 radical (unpaired) electrons. The Morgan fingerprint density at radius 2 is 1.87 bits per heavy atom. The number of nitrogens with one attached hydrogen (secondary N) is 1. The van der Waals surface area contributed by atoms with Gasteiger partial charge in [-0.2, -0.15) is 0 Å². The molecule has 0 saturated carbocycles. The minimum atomic E-state index is -3.36. The molecule has 4 N–H and O–H groups in total. The number of hydrogen-bond donors (Lipinski definition) is 4. The molecule has 0 saturated heterocycles. The van der Waals surface area contributed by atoms with Crippen LogP contribution in [0, 0.1) is 0 Å². The fourth-order valence-electron chi connectivity index (χ4n) is 2.69. The first kappa shape index (κ1) is 13.5. The van der Waals surface area contributed by atoms with Crippen LogP contribution in [0.3, 0.4) is 0 Å². The fourth-order valence-corrected chi connectivity index (χ4v) is 2.69. The van der Waals surface area contributed by atoms with Crippen LogP contribution in [0.1, 0.15) is 75.0 Å². The highest BCUT2D eigenvalue weighted by Gasteiger charge is 2.09. The smallest absolute Gasteiger partial charge is 0.121 e. The van der Waals surface area contributed by atoms with E-state index in [-0.39, 0.29) is 19.6 Å². The maximum Gasteiger partial charge on any atom is 0.121 e. The minimum absolute atomic E-state index is 0.0717. The first-order chi connectivity index (χ1) is 18.4. The molecule has 2 rings (SSSR count). The number of ether oxygens (including phenoxy) is 1. The fraction of sp³-hybridized carbons (Fsp3) is 0.520. The number of unbranched alkanes of at least 4 members (excludes halogenated alkanes) is 3. The van der Waals surface area contributed by atoms with Crippen molar-refractivity contribution in [1.82, 2.24) is 5.32 Å². The number of aliphatic hydroxyl groups is 2. The molecule has 2 aromatic carbocycles. The highest BCUT2D eigenvalue weighted by atomic mass is 16.5. The van der Waals surface area contributed by atoms with Crippen LogP contribution in [0.2, 0.25) is 0 Å². The predicted molar refractivity (Wildman–Crippen MR) is 121 cm³/mol. The molecule has 0 amide bonds. The van der Waals surface area contributed by atoms with Gasteiger partial charge in [0.05, 0.1) is 23.6 Å². The van der Waals surface area contributed by atoms with E-state index in [0.29, 0.717) is 19.3 Å². The predicted octanol–water partition coefficient (Wildman–Crippen LogP) is 4.11. The van der Waals surface area contributed by atoms with Gasteiger partial charge in [-0.15, -0.1) is 0 Å². The number of aromatic hydroxyl groups is 1. The lowest BCUT2D eigenvalue weighted by atomic mass is 10.1. The zero-order valence-corrected chi connectivity index (χ0v) is 17.0. The Balaban J connectivity index is 1.85. The summed E-state index contributed by atoms with van der Waals surface area (Å²) < 4.78 is 84.5. The normalized spacial score (nSPS) is 19.5. The van der Waals surface area contributed by atoms with Crippen LogP contribution in [-0.2, 0) is 17.7 Å². The standard InChI is InChI=1S/C25H37NO4/c27-20-23-18-22(13-14-24(23)28)25(29)19-26-15-7-1-2-8-16-30-17-9-6-12-21-10-4-3-5-11-21/h3-5,10-11,13-14,18,25-29H,1-2,6-9,12,15-17,19-20H2/i13D,14D,16D2,18D,19D2,20D2,25D. The quantitative estimate of drug-likeness (QED) is 0.304. The molecule has 0 aliphatic rings. The topological polar surface area (TPSA) is 82.0 Å². The number of benzene rings is 2. The van der Waals surface area contributed by atoms with Crippen molar-refractivity contribution in [1.29, 1.82) is 0 Å². The molecule has 0 aliphatic carbocycles. The first-order valence-corrected chi connectivity index (χ1v) is 10.1. The third-order valence-corrected chi connectivity index (χ3v) is 4.34. The van der Waals surface area contributed by atoms with Crippen molar-refractivity contribution >= 4 is 0 Å². The Morgan fingerprint density at radius 3 is 2.67 bits per heavy atom. The molecule has 0 aromatic heterocycles. The van der Waals surface area contributed by atoms with E-state index in [1.807, 2.05) is 30.3 Å². The number of rotatable bonds is 16. The van der Waals surface area contributed by atoms with Gasteiger partial charge in [-0.3, -0.25) is 0 Å². The van der Waals surface area contributed by atoms with Gasteiger partial charge in [0.15, 0.2) is 0 Å². The van der Waals surface area contributed by atoms with E-state index < -0.39 is 60.7 Å². The third-order valence-electron chi connectivity index (χ3n) is 4.34. The molecule has 30 heavy (non-hydrogen) atoms. The SMILES string of the molecule is [2H]c1c([2H])c(C([2H])(O)C([2H])([2H])NCCCCCC([2H])([2H])OCCCCc2ccccc2)c([2H])c(C([2H])([2H])O)c1O. The van der Waals surface area contributed by atoms with Crippen LogP contribution in [-0.4, -0.2) is 41.5 Å². The van der Waals surface area contributed by atoms with Gasteiger partial charge >= 0.3 is 0 Å². The van der Waals surface area contributed by atoms with Gasteiger partial charge in [-0.25, -0.2) is 0 Å². The summed E-state index contributed by atoms with van der Waals surface area (Å²) in [5.41, 5.74) is -1.03. The summed E-state index contributed by atoms with van der Waals surface area (Å²) in [6, 6.07) is 6.68. The molecular formula is C25H37NO4. The second kappa shape index (κ2) is 15.0. The summed E-state index contributed by atoms with van der Waals surface area (Å²) >= 11 is 0. The van der Waals surface area contributed by atoms with Crippen molar-refractivity contribution in [2.45, 2.75) is 57.6 Å². The lowest BCUT2D eigenvalue weighted by molar-refractivity contribution is 0.126. The van der Waals surface area contributed by atoms with Crippen LogP contribution in [0.4, 0.5) is 0 Å². The molecule has 1 atom stereocenters. The molecular weight excluding hydrogens is 378 g/mol. The number of phenols is 1. The molecule has 0 bridgehead atoms. The Labute approximate surface area is 194 Å². The molecule has 0 aliphatic heterocycles. The van der Waals surface area contributed by atoms with Crippen molar-refractivity contribution in [3.63, 3.8) is 0 Å². The lowest BCUT2D eigenvalue weighted by Gasteiger charge is -2.14. The second-order valence-electron chi connectivity index (χ2n) is 6.73. The van der Waals surface area contributed by atoms with E-state index in [0.717, 1.165) is 19.3 Å². The van der Waals surface area contributed by atoms with E-state index >= 15 is 0 Å². The van der Waals surface area contributed by atoms with Gasteiger partial charge in [0.1, 0.15) is 5.75 Å².